The Kier molecular flexibility index (Phi) is 2.92. The van der Waals surface area contributed by atoms with E-state index in [9.17, 15) is 13.2 Å². The van der Waals surface area contributed by atoms with Crippen molar-refractivity contribution in [3.05, 3.63) is 35.4 Å². The van der Waals surface area contributed by atoms with E-state index < -0.39 is 11.8 Å². The minimum atomic E-state index is -4.68. The molecule has 0 N–H and O–H groups in total. The smallest absolute Gasteiger partial charge is 0.166 e. The van der Waals surface area contributed by atoms with Crippen LogP contribution in [-0.4, -0.2) is 6.18 Å². The normalized spacial score (nSPS) is 17.7. The Balaban J connectivity index is 2.46. The average molecular weight is 255 g/mol. The zero-order chi connectivity index (χ0) is 13.4. The van der Waals surface area contributed by atoms with E-state index in [-0.39, 0.29) is 11.5 Å². The highest BCUT2D eigenvalue weighted by molar-refractivity contribution is 5.30. The van der Waals surface area contributed by atoms with Crippen LogP contribution in [0, 0.1) is 6.07 Å². The van der Waals surface area contributed by atoms with E-state index in [1.807, 2.05) is 13.8 Å². The Morgan fingerprint density at radius 1 is 1.17 bits per heavy atom. The van der Waals surface area contributed by atoms with Gasteiger partial charge in [-0.2, -0.15) is 13.2 Å². The van der Waals surface area contributed by atoms with Gasteiger partial charge in [-0.15, -0.1) is 10.2 Å². The summed E-state index contributed by atoms with van der Waals surface area (Å²) in [6.45, 7) is 3.86. The molecule has 1 aliphatic rings. The summed E-state index contributed by atoms with van der Waals surface area (Å²) in [5.74, 6) is 0.188. The maximum absolute atomic E-state index is 13.0. The average Bonchev–Trinajstić information content (AvgIpc) is 2.78. The molecule has 0 saturated heterocycles. The summed E-state index contributed by atoms with van der Waals surface area (Å²) in [7, 11) is 0. The molecular formula is C11H10F3N4. The van der Waals surface area contributed by atoms with Gasteiger partial charge in [-0.25, -0.2) is 0 Å². The third kappa shape index (κ3) is 1.89. The van der Waals surface area contributed by atoms with Gasteiger partial charge in [0.1, 0.15) is 0 Å². The van der Waals surface area contributed by atoms with Gasteiger partial charge in [0.2, 0.25) is 0 Å². The first-order valence-corrected chi connectivity index (χ1v) is 5.30. The van der Waals surface area contributed by atoms with Gasteiger partial charge in [0.05, 0.1) is 0 Å². The summed E-state index contributed by atoms with van der Waals surface area (Å²) in [6.07, 6.45) is -4.68. The second kappa shape index (κ2) is 4.15. The Bertz CT molecular complexity index is 476. The van der Waals surface area contributed by atoms with Crippen molar-refractivity contribution in [3.8, 4) is 0 Å². The van der Waals surface area contributed by atoms with Crippen LogP contribution < -0.4 is 0 Å². The van der Waals surface area contributed by atoms with Crippen molar-refractivity contribution in [1.29, 1.82) is 0 Å². The van der Waals surface area contributed by atoms with Crippen molar-refractivity contribution in [3.63, 3.8) is 0 Å². The molecule has 95 valence electrons. The molecule has 0 aromatic heterocycles. The number of halogens is 3. The third-order valence-electron chi connectivity index (χ3n) is 2.68. The van der Waals surface area contributed by atoms with Crippen LogP contribution >= 0.6 is 0 Å². The molecular weight excluding hydrogens is 245 g/mol. The molecule has 4 nitrogen and oxygen atoms in total. The maximum atomic E-state index is 13.0. The molecule has 1 aromatic carbocycles. The molecule has 2 rings (SSSR count). The number of hydrogen-bond acceptors (Lipinski definition) is 4. The first-order chi connectivity index (χ1) is 8.37. The molecule has 0 aliphatic carbocycles. The van der Waals surface area contributed by atoms with Crippen LogP contribution in [0.4, 0.5) is 13.2 Å². The van der Waals surface area contributed by atoms with E-state index in [1.165, 1.54) is 12.1 Å². The van der Waals surface area contributed by atoms with Gasteiger partial charge in [0.25, 0.3) is 0 Å². The van der Waals surface area contributed by atoms with E-state index in [0.29, 0.717) is 0 Å². The number of benzene rings is 1. The zero-order valence-corrected chi connectivity index (χ0v) is 9.73. The van der Waals surface area contributed by atoms with Gasteiger partial charge in [0, 0.05) is 5.56 Å². The second-order valence-corrected chi connectivity index (χ2v) is 4.24. The fraction of sp³-hybridized carbons (Fsp3) is 0.455. The highest BCUT2D eigenvalue weighted by Crippen LogP contribution is 2.46. The van der Waals surface area contributed by atoms with E-state index in [4.69, 9.17) is 0 Å². The van der Waals surface area contributed by atoms with Crippen molar-refractivity contribution >= 4 is 0 Å². The summed E-state index contributed by atoms with van der Waals surface area (Å²) < 4.78 is 39.1. The third-order valence-corrected chi connectivity index (χ3v) is 2.68. The maximum Gasteiger partial charge on any atom is 0.442 e. The van der Waals surface area contributed by atoms with Gasteiger partial charge in [0.15, 0.2) is 0 Å². The quantitative estimate of drug-likeness (QED) is 0.762. The highest BCUT2D eigenvalue weighted by atomic mass is 19.4. The SMILES string of the molecule is CC(C)c1[c]cc(C2(C(F)(F)F)N=NN=N2)cc1. The summed E-state index contributed by atoms with van der Waals surface area (Å²) in [6, 6.07) is 6.97. The second-order valence-electron chi connectivity index (χ2n) is 4.24. The molecule has 1 aliphatic heterocycles. The lowest BCUT2D eigenvalue weighted by Gasteiger charge is -2.23. The fourth-order valence-corrected chi connectivity index (χ4v) is 1.59. The summed E-state index contributed by atoms with van der Waals surface area (Å²) in [4.78, 5) is 0. The van der Waals surface area contributed by atoms with Crippen LogP contribution in [-0.2, 0) is 5.66 Å². The van der Waals surface area contributed by atoms with Crippen molar-refractivity contribution in [2.45, 2.75) is 31.6 Å². The van der Waals surface area contributed by atoms with Crippen LogP contribution in [0.25, 0.3) is 0 Å². The van der Waals surface area contributed by atoms with E-state index in [0.717, 1.165) is 5.56 Å². The molecule has 0 atom stereocenters. The molecule has 1 aromatic rings. The van der Waals surface area contributed by atoms with Gasteiger partial charge in [-0.05, 0) is 34.1 Å². The number of rotatable bonds is 2. The lowest BCUT2D eigenvalue weighted by atomic mass is 9.96. The Morgan fingerprint density at radius 3 is 2.17 bits per heavy atom. The van der Waals surface area contributed by atoms with Crippen LogP contribution in [0.15, 0.2) is 38.9 Å². The monoisotopic (exact) mass is 255 g/mol. The van der Waals surface area contributed by atoms with Crippen molar-refractivity contribution in [2.24, 2.45) is 20.7 Å². The molecule has 0 saturated carbocycles. The molecule has 0 amide bonds. The van der Waals surface area contributed by atoms with Crippen LogP contribution in [0.3, 0.4) is 0 Å². The molecule has 0 unspecified atom stereocenters. The molecule has 18 heavy (non-hydrogen) atoms. The predicted molar refractivity (Wildman–Crippen MR) is 56.8 cm³/mol. The Hall–Kier alpha value is -1.79. The number of nitrogens with zero attached hydrogens (tertiary/aromatic N) is 4. The number of hydrogen-bond donors (Lipinski definition) is 0. The minimum Gasteiger partial charge on any atom is -0.166 e. The van der Waals surface area contributed by atoms with Crippen molar-refractivity contribution < 1.29 is 13.2 Å². The molecule has 0 fully saturated rings. The topological polar surface area (TPSA) is 49.4 Å². The standard InChI is InChI=1S/C11H10F3N4/c1-7(2)8-3-5-9(6-4-8)10(11(12,13)14)15-17-18-16-10/h3,5-7H,1-2H3. The van der Waals surface area contributed by atoms with Gasteiger partial charge in [-0.1, -0.05) is 26.0 Å². The van der Waals surface area contributed by atoms with E-state index >= 15 is 0 Å². The molecule has 0 bridgehead atoms. The summed E-state index contributed by atoms with van der Waals surface area (Å²) >= 11 is 0. The van der Waals surface area contributed by atoms with Gasteiger partial charge in [-0.3, -0.25) is 0 Å². The zero-order valence-electron chi connectivity index (χ0n) is 9.73. The van der Waals surface area contributed by atoms with Gasteiger partial charge >= 0.3 is 11.8 Å². The van der Waals surface area contributed by atoms with Crippen LogP contribution in [0.5, 0.6) is 0 Å². The fourth-order valence-electron chi connectivity index (χ4n) is 1.59. The lowest BCUT2D eigenvalue weighted by Crippen LogP contribution is -2.37. The Morgan fingerprint density at radius 2 is 1.78 bits per heavy atom. The van der Waals surface area contributed by atoms with Crippen LogP contribution in [0.2, 0.25) is 0 Å². The molecule has 7 heteroatoms. The first-order valence-electron chi connectivity index (χ1n) is 5.30. The minimum absolute atomic E-state index is 0.135. The van der Waals surface area contributed by atoms with E-state index in [2.05, 4.69) is 26.7 Å². The van der Waals surface area contributed by atoms with Gasteiger partial charge < -0.3 is 0 Å². The first kappa shape index (κ1) is 12.7. The largest absolute Gasteiger partial charge is 0.442 e. The predicted octanol–water partition coefficient (Wildman–Crippen LogP) is 4.16. The molecule has 1 radical (unpaired) electrons. The summed E-state index contributed by atoms with van der Waals surface area (Å²) in [5.41, 5.74) is -2.02. The van der Waals surface area contributed by atoms with Crippen molar-refractivity contribution in [1.82, 2.24) is 0 Å². The van der Waals surface area contributed by atoms with Crippen LogP contribution in [0.1, 0.15) is 30.9 Å². The molecule has 1 heterocycles. The lowest BCUT2D eigenvalue weighted by molar-refractivity contribution is -0.187. The van der Waals surface area contributed by atoms with E-state index in [1.54, 1.807) is 6.07 Å². The molecule has 0 spiro atoms. The Labute approximate surface area is 102 Å². The number of alkyl halides is 3. The van der Waals surface area contributed by atoms with Crippen molar-refractivity contribution in [2.75, 3.05) is 0 Å². The summed E-state index contributed by atoms with van der Waals surface area (Å²) in [5, 5.41) is 12.2. The highest BCUT2D eigenvalue weighted by Gasteiger charge is 2.60.